The fourth-order valence-electron chi connectivity index (χ4n) is 1.35. The Morgan fingerprint density at radius 3 is 2.67 bits per heavy atom. The van der Waals surface area contributed by atoms with Gasteiger partial charge in [0, 0.05) is 18.5 Å². The summed E-state index contributed by atoms with van der Waals surface area (Å²) in [7, 11) is -3.40. The summed E-state index contributed by atoms with van der Waals surface area (Å²) in [4.78, 5) is 11.8. The maximum atomic E-state index is 11.5. The van der Waals surface area contributed by atoms with E-state index in [0.29, 0.717) is 11.6 Å². The molecule has 2 rings (SSSR count). The van der Waals surface area contributed by atoms with Gasteiger partial charge >= 0.3 is 0 Å². The molecule has 2 aromatic heterocycles. The average Bonchev–Trinajstić information content (AvgIpc) is 2.75. The molecule has 92 valence electrons. The summed E-state index contributed by atoms with van der Waals surface area (Å²) in [5.41, 5.74) is 0.229. The number of aromatic nitrogens is 4. The van der Waals surface area contributed by atoms with E-state index in [0.717, 1.165) is 6.26 Å². The lowest BCUT2D eigenvalue weighted by atomic mass is 10.5. The van der Waals surface area contributed by atoms with Crippen LogP contribution >= 0.6 is 0 Å². The third kappa shape index (κ3) is 2.36. The van der Waals surface area contributed by atoms with Gasteiger partial charge in [-0.3, -0.25) is 4.57 Å². The van der Waals surface area contributed by atoms with E-state index in [2.05, 4.69) is 15.0 Å². The summed E-state index contributed by atoms with van der Waals surface area (Å²) in [6.07, 6.45) is 3.94. The van der Waals surface area contributed by atoms with Gasteiger partial charge in [-0.25, -0.2) is 23.4 Å². The van der Waals surface area contributed by atoms with Crippen LogP contribution in [0.15, 0.2) is 23.6 Å². The molecule has 2 aromatic rings. The molecule has 0 aliphatic rings. The zero-order valence-corrected chi connectivity index (χ0v) is 10.5. The molecule has 0 saturated carbocycles. The SMILES string of the molecule is Cc1nc(-n2cnc(C#N)c2)cc(S(C)(=O)=O)n1. The molecule has 0 fully saturated rings. The maximum absolute atomic E-state index is 11.5. The zero-order valence-electron chi connectivity index (χ0n) is 9.69. The number of aryl methyl sites for hydroxylation is 1. The lowest BCUT2D eigenvalue weighted by Crippen LogP contribution is -2.06. The highest BCUT2D eigenvalue weighted by molar-refractivity contribution is 7.90. The minimum absolute atomic E-state index is 0.0581. The summed E-state index contributed by atoms with van der Waals surface area (Å²) >= 11 is 0. The Kier molecular flexibility index (Phi) is 2.84. The number of rotatable bonds is 2. The molecule has 0 aromatic carbocycles. The topological polar surface area (TPSA) is 102 Å². The standard InChI is InChI=1S/C10H9N5O2S/c1-7-13-9(3-10(14-7)18(2,16)17)15-5-8(4-11)12-6-15/h3,5-6H,1-2H3. The molecule has 0 atom stereocenters. The van der Waals surface area contributed by atoms with Crippen molar-refractivity contribution in [1.82, 2.24) is 19.5 Å². The van der Waals surface area contributed by atoms with E-state index < -0.39 is 9.84 Å². The van der Waals surface area contributed by atoms with E-state index in [1.54, 1.807) is 6.92 Å². The highest BCUT2D eigenvalue weighted by atomic mass is 32.2. The van der Waals surface area contributed by atoms with Crippen LogP contribution in [0, 0.1) is 18.3 Å². The van der Waals surface area contributed by atoms with Crippen molar-refractivity contribution in [1.29, 1.82) is 5.26 Å². The van der Waals surface area contributed by atoms with Gasteiger partial charge in [0.25, 0.3) is 0 Å². The average molecular weight is 263 g/mol. The van der Waals surface area contributed by atoms with Gasteiger partial charge in [0.15, 0.2) is 20.6 Å². The predicted octanol–water partition coefficient (Wildman–Crippen LogP) is 0.246. The Labute approximate surface area is 104 Å². The first-order valence-corrected chi connectivity index (χ1v) is 6.79. The van der Waals surface area contributed by atoms with Gasteiger partial charge in [0.1, 0.15) is 24.0 Å². The summed E-state index contributed by atoms with van der Waals surface area (Å²) < 4.78 is 24.4. The quantitative estimate of drug-likeness (QED) is 0.719. The van der Waals surface area contributed by atoms with Crippen LogP contribution in [0.4, 0.5) is 0 Å². The Hall–Kier alpha value is -2.27. The lowest BCUT2D eigenvalue weighted by Gasteiger charge is -2.04. The molecular weight excluding hydrogens is 254 g/mol. The molecule has 0 bridgehead atoms. The number of imidazole rings is 1. The van der Waals surface area contributed by atoms with Crippen LogP contribution in [-0.2, 0) is 9.84 Å². The van der Waals surface area contributed by atoms with Gasteiger partial charge < -0.3 is 0 Å². The van der Waals surface area contributed by atoms with Crippen LogP contribution in [0.1, 0.15) is 11.5 Å². The smallest absolute Gasteiger partial charge is 0.192 e. The first-order valence-electron chi connectivity index (χ1n) is 4.90. The second-order valence-corrected chi connectivity index (χ2v) is 5.62. The number of nitrogens with zero attached hydrogens (tertiary/aromatic N) is 5. The molecule has 0 N–H and O–H groups in total. The maximum Gasteiger partial charge on any atom is 0.192 e. The highest BCUT2D eigenvalue weighted by Gasteiger charge is 2.13. The Morgan fingerprint density at radius 1 is 1.39 bits per heavy atom. The van der Waals surface area contributed by atoms with Gasteiger partial charge in [0.2, 0.25) is 0 Å². The fraction of sp³-hybridized carbons (Fsp3) is 0.200. The normalized spacial score (nSPS) is 11.2. The van der Waals surface area contributed by atoms with Gasteiger partial charge in [0.05, 0.1) is 0 Å². The van der Waals surface area contributed by atoms with Crippen LogP contribution in [0.2, 0.25) is 0 Å². The molecule has 0 radical (unpaired) electrons. The Balaban J connectivity index is 2.59. The number of hydrogen-bond acceptors (Lipinski definition) is 6. The van der Waals surface area contributed by atoms with Crippen molar-refractivity contribution in [3.63, 3.8) is 0 Å². The molecule has 0 spiro atoms. The van der Waals surface area contributed by atoms with Crippen molar-refractivity contribution in [2.24, 2.45) is 0 Å². The van der Waals surface area contributed by atoms with E-state index in [-0.39, 0.29) is 10.7 Å². The van der Waals surface area contributed by atoms with E-state index in [1.807, 2.05) is 6.07 Å². The number of nitriles is 1. The van der Waals surface area contributed by atoms with Gasteiger partial charge in [-0.15, -0.1) is 0 Å². The summed E-state index contributed by atoms with van der Waals surface area (Å²) in [6.45, 7) is 1.60. The monoisotopic (exact) mass is 263 g/mol. The molecule has 0 aliphatic carbocycles. The van der Waals surface area contributed by atoms with Gasteiger partial charge in [-0.2, -0.15) is 5.26 Å². The van der Waals surface area contributed by atoms with Crippen molar-refractivity contribution in [3.05, 3.63) is 30.1 Å². The molecule has 0 unspecified atom stereocenters. The minimum atomic E-state index is -3.40. The Bertz CT molecular complexity index is 742. The van der Waals surface area contributed by atoms with Crippen molar-refractivity contribution in [2.45, 2.75) is 11.9 Å². The van der Waals surface area contributed by atoms with E-state index in [4.69, 9.17) is 5.26 Å². The van der Waals surface area contributed by atoms with Crippen LogP contribution in [0.3, 0.4) is 0 Å². The fourth-order valence-corrected chi connectivity index (χ4v) is 1.97. The first kappa shape index (κ1) is 12.2. The van der Waals surface area contributed by atoms with Crippen molar-refractivity contribution < 1.29 is 8.42 Å². The lowest BCUT2D eigenvalue weighted by molar-refractivity contribution is 0.597. The van der Waals surface area contributed by atoms with Gasteiger partial charge in [-0.05, 0) is 6.92 Å². The Morgan fingerprint density at radius 2 is 2.11 bits per heavy atom. The first-order chi connectivity index (χ1) is 8.40. The van der Waals surface area contributed by atoms with Crippen molar-refractivity contribution in [2.75, 3.05) is 6.26 Å². The number of sulfone groups is 1. The molecule has 0 amide bonds. The number of hydrogen-bond donors (Lipinski definition) is 0. The zero-order chi connectivity index (χ0) is 13.3. The van der Waals surface area contributed by atoms with Crippen molar-refractivity contribution >= 4 is 9.84 Å². The highest BCUT2D eigenvalue weighted by Crippen LogP contribution is 2.12. The van der Waals surface area contributed by atoms with E-state index >= 15 is 0 Å². The minimum Gasteiger partial charge on any atom is -0.289 e. The van der Waals surface area contributed by atoms with Crippen molar-refractivity contribution in [3.8, 4) is 11.9 Å². The molecule has 8 heteroatoms. The summed E-state index contributed by atoms with van der Waals surface area (Å²) in [6, 6.07) is 3.22. The third-order valence-corrected chi connectivity index (χ3v) is 3.11. The molecular formula is C10H9N5O2S. The molecule has 0 saturated heterocycles. The second kappa shape index (κ2) is 4.19. The van der Waals surface area contributed by atoms with Crippen LogP contribution < -0.4 is 0 Å². The van der Waals surface area contributed by atoms with Gasteiger partial charge in [-0.1, -0.05) is 0 Å². The summed E-state index contributed by atoms with van der Waals surface area (Å²) in [5.74, 6) is 0.692. The van der Waals surface area contributed by atoms with E-state index in [9.17, 15) is 8.42 Å². The largest absolute Gasteiger partial charge is 0.289 e. The van der Waals surface area contributed by atoms with Crippen LogP contribution in [0.5, 0.6) is 0 Å². The van der Waals surface area contributed by atoms with Crippen LogP contribution in [-0.4, -0.2) is 34.2 Å². The summed E-state index contributed by atoms with van der Waals surface area (Å²) in [5, 5.41) is 8.62. The predicted molar refractivity (Wildman–Crippen MR) is 61.7 cm³/mol. The molecule has 0 aliphatic heterocycles. The molecule has 2 heterocycles. The molecule has 18 heavy (non-hydrogen) atoms. The van der Waals surface area contributed by atoms with E-state index in [1.165, 1.54) is 23.2 Å². The molecule has 7 nitrogen and oxygen atoms in total. The van der Waals surface area contributed by atoms with Crippen LogP contribution in [0.25, 0.3) is 5.82 Å². The second-order valence-electron chi connectivity index (χ2n) is 3.66. The third-order valence-electron chi connectivity index (χ3n) is 2.14.